The van der Waals surface area contributed by atoms with Gasteiger partial charge in [-0.05, 0) is 24.1 Å². The fourth-order valence-electron chi connectivity index (χ4n) is 6.07. The third kappa shape index (κ3) is 1.69. The molecule has 5 rings (SSSR count). The molecule has 0 aromatic heterocycles. The van der Waals surface area contributed by atoms with Crippen LogP contribution in [-0.4, -0.2) is 36.9 Å². The van der Waals surface area contributed by atoms with Crippen molar-refractivity contribution in [1.29, 1.82) is 0 Å². The van der Waals surface area contributed by atoms with E-state index < -0.39 is 0 Å². The van der Waals surface area contributed by atoms with Gasteiger partial charge in [0.2, 0.25) is 0 Å². The normalized spacial score (nSPS) is 39.8. The molecule has 2 saturated heterocycles. The number of quaternary nitrogens is 1. The van der Waals surface area contributed by atoms with Crippen LogP contribution in [0.25, 0.3) is 0 Å². The topological polar surface area (TPSA) is 29.1 Å². The number of nitrogens with zero attached hydrogens (tertiary/aromatic N) is 1. The summed E-state index contributed by atoms with van der Waals surface area (Å²) < 4.78 is 1.13. The molecule has 4 heteroatoms. The van der Waals surface area contributed by atoms with E-state index in [4.69, 9.17) is 0 Å². The summed E-state index contributed by atoms with van der Waals surface area (Å²) in [6.07, 6.45) is 5.65. The highest BCUT2D eigenvalue weighted by Crippen LogP contribution is 2.62. The summed E-state index contributed by atoms with van der Waals surface area (Å²) in [6, 6.07) is 9.27. The Balaban J connectivity index is 0.00000146. The van der Waals surface area contributed by atoms with Gasteiger partial charge >= 0.3 is 0 Å². The second kappa shape index (κ2) is 5.18. The predicted molar refractivity (Wildman–Crippen MR) is 91.0 cm³/mol. The molecule has 126 valence electrons. The first-order chi connectivity index (χ1) is 11.1. The minimum atomic E-state index is 0. The summed E-state index contributed by atoms with van der Waals surface area (Å²) in [4.78, 5) is 12.0. The fourth-order valence-corrected chi connectivity index (χ4v) is 6.07. The van der Waals surface area contributed by atoms with Crippen LogP contribution >= 0.6 is 0 Å². The van der Waals surface area contributed by atoms with Crippen LogP contribution < -0.4 is 29.3 Å². The van der Waals surface area contributed by atoms with Gasteiger partial charge in [-0.3, -0.25) is 4.79 Å². The highest BCUT2D eigenvalue weighted by atomic mass is 127. The molecule has 3 heterocycles. The van der Waals surface area contributed by atoms with E-state index in [1.165, 1.54) is 29.1 Å². The number of hydrogen-bond acceptors (Lipinski definition) is 2. The Hall–Kier alpha value is -1.14. The van der Waals surface area contributed by atoms with E-state index in [0.717, 1.165) is 35.7 Å². The third-order valence-corrected chi connectivity index (χ3v) is 7.06. The molecule has 4 atom stereocenters. The molecule has 2 bridgehead atoms. The number of allylic oxidation sites excluding steroid dienone is 2. The molecule has 0 radical (unpaired) electrons. The first-order valence-corrected chi connectivity index (χ1v) is 8.70. The minimum absolute atomic E-state index is 0. The number of nitrogens with one attached hydrogen (secondary N) is 1. The van der Waals surface area contributed by atoms with Crippen molar-refractivity contribution in [3.63, 3.8) is 0 Å². The maximum atomic E-state index is 12.0. The summed E-state index contributed by atoms with van der Waals surface area (Å²) in [7, 11) is 2.42. The molecule has 3 nitrogen and oxygen atoms in total. The van der Waals surface area contributed by atoms with Crippen LogP contribution in [0.2, 0.25) is 0 Å². The molecule has 3 aliphatic heterocycles. The lowest BCUT2D eigenvalue weighted by molar-refractivity contribution is -0.923. The summed E-state index contributed by atoms with van der Waals surface area (Å²) in [5.74, 6) is 0.316. The van der Waals surface area contributed by atoms with Gasteiger partial charge in [-0.15, -0.1) is 0 Å². The van der Waals surface area contributed by atoms with Crippen molar-refractivity contribution in [2.24, 2.45) is 5.92 Å². The van der Waals surface area contributed by atoms with Gasteiger partial charge in [0.25, 0.3) is 0 Å². The van der Waals surface area contributed by atoms with Crippen LogP contribution in [0.1, 0.15) is 25.3 Å². The number of rotatable bonds is 1. The number of carbonyl (C=O) groups is 1. The van der Waals surface area contributed by atoms with Crippen LogP contribution in [0.4, 0.5) is 5.69 Å². The van der Waals surface area contributed by atoms with E-state index in [1.54, 1.807) is 0 Å². The average Bonchev–Trinajstić information content (AvgIpc) is 3.08. The SMILES string of the molecule is C/C=C1/C[N+]2(C)CCC34C(=C(C=O)C1CC32)Nc1ccccc14.[I-]. The number of carbonyl (C=O) groups excluding carboxylic acids is 1. The van der Waals surface area contributed by atoms with Gasteiger partial charge in [-0.1, -0.05) is 24.3 Å². The molecule has 24 heavy (non-hydrogen) atoms. The second-order valence-electron chi connectivity index (χ2n) is 7.87. The predicted octanol–water partition coefficient (Wildman–Crippen LogP) is 0.00560. The Kier molecular flexibility index (Phi) is 3.52. The quantitative estimate of drug-likeness (QED) is 0.292. The molecule has 2 fully saturated rings. The van der Waals surface area contributed by atoms with Crippen molar-refractivity contribution in [3.8, 4) is 0 Å². The summed E-state index contributed by atoms with van der Waals surface area (Å²) >= 11 is 0. The zero-order valence-corrected chi connectivity index (χ0v) is 16.3. The van der Waals surface area contributed by atoms with Crippen LogP contribution in [0.15, 0.2) is 47.2 Å². The second-order valence-corrected chi connectivity index (χ2v) is 7.87. The fraction of sp³-hybridized carbons (Fsp3) is 0.450. The highest BCUT2D eigenvalue weighted by Gasteiger charge is 2.67. The van der Waals surface area contributed by atoms with Gasteiger partial charge in [0.1, 0.15) is 18.9 Å². The van der Waals surface area contributed by atoms with Gasteiger partial charge in [-0.2, -0.15) is 0 Å². The lowest BCUT2D eigenvalue weighted by Gasteiger charge is -2.51. The van der Waals surface area contributed by atoms with Crippen LogP contribution in [-0.2, 0) is 10.2 Å². The minimum Gasteiger partial charge on any atom is -1.00 e. The molecular weight excluding hydrogens is 411 g/mol. The number of hydrogen-bond donors (Lipinski definition) is 1. The van der Waals surface area contributed by atoms with Crippen molar-refractivity contribution in [1.82, 2.24) is 0 Å². The Morgan fingerprint density at radius 2 is 2.12 bits per heavy atom. The van der Waals surface area contributed by atoms with E-state index in [-0.39, 0.29) is 29.4 Å². The first kappa shape index (κ1) is 16.3. The Labute approximate surface area is 160 Å². The summed E-state index contributed by atoms with van der Waals surface area (Å²) in [5.41, 5.74) is 6.35. The van der Waals surface area contributed by atoms with Crippen LogP contribution in [0.5, 0.6) is 0 Å². The van der Waals surface area contributed by atoms with Crippen molar-refractivity contribution >= 4 is 12.0 Å². The number of fused-ring (bicyclic) bond motifs is 2. The van der Waals surface area contributed by atoms with Gasteiger partial charge in [0.05, 0.1) is 19.0 Å². The molecule has 4 aliphatic rings. The van der Waals surface area contributed by atoms with Gasteiger partial charge in [0.15, 0.2) is 0 Å². The lowest BCUT2D eigenvalue weighted by atomic mass is 9.61. The van der Waals surface area contributed by atoms with Crippen LogP contribution in [0, 0.1) is 5.92 Å². The maximum absolute atomic E-state index is 12.0. The van der Waals surface area contributed by atoms with E-state index in [1.807, 2.05) is 0 Å². The number of benzene rings is 1. The monoisotopic (exact) mass is 434 g/mol. The van der Waals surface area contributed by atoms with E-state index >= 15 is 0 Å². The first-order valence-electron chi connectivity index (χ1n) is 8.70. The molecule has 1 N–H and O–H groups in total. The molecule has 0 saturated carbocycles. The highest BCUT2D eigenvalue weighted by molar-refractivity contribution is 5.84. The van der Waals surface area contributed by atoms with Gasteiger partial charge < -0.3 is 33.8 Å². The third-order valence-electron chi connectivity index (χ3n) is 7.06. The average molecular weight is 434 g/mol. The molecule has 1 aliphatic carbocycles. The molecule has 0 amide bonds. The number of piperidine rings is 1. The van der Waals surface area contributed by atoms with Crippen molar-refractivity contribution < 1.29 is 33.3 Å². The number of para-hydroxylation sites is 1. The Morgan fingerprint density at radius 1 is 1.33 bits per heavy atom. The number of aldehydes is 1. The number of likely N-dealkylation sites (N-methyl/N-ethyl adjacent to an activating group) is 1. The summed E-state index contributed by atoms with van der Waals surface area (Å²) in [6.45, 7) is 4.42. The Morgan fingerprint density at radius 3 is 2.88 bits per heavy atom. The zero-order valence-electron chi connectivity index (χ0n) is 14.2. The van der Waals surface area contributed by atoms with E-state index in [2.05, 4.69) is 49.6 Å². The maximum Gasteiger partial charge on any atom is 0.148 e. The molecule has 1 spiro atoms. The largest absolute Gasteiger partial charge is 1.00 e. The molecule has 4 unspecified atom stereocenters. The standard InChI is InChI=1S/C20H22N2O.HI/c1-3-13-11-22(2)9-8-20-16-6-4-5-7-17(16)21-19(20)15(12-23)14(13)10-18(20)22;/h3-7,12,14,18H,8-11H2,1-2H3;1H/b13-3-;. The number of halogens is 1. The van der Waals surface area contributed by atoms with Crippen molar-refractivity contribution in [3.05, 3.63) is 52.7 Å². The van der Waals surface area contributed by atoms with Gasteiger partial charge in [-0.25, -0.2) is 0 Å². The summed E-state index contributed by atoms with van der Waals surface area (Å²) in [5, 5.41) is 3.66. The van der Waals surface area contributed by atoms with Crippen LogP contribution in [0.3, 0.4) is 0 Å². The molecule has 1 aromatic carbocycles. The smallest absolute Gasteiger partial charge is 0.148 e. The lowest BCUT2D eigenvalue weighted by Crippen LogP contribution is -3.00. The van der Waals surface area contributed by atoms with Gasteiger partial charge in [0, 0.05) is 35.7 Å². The number of anilines is 1. The van der Waals surface area contributed by atoms with Crippen molar-refractivity contribution in [2.75, 3.05) is 25.5 Å². The molecular formula is C20H23IN2O. The zero-order chi connectivity index (χ0) is 15.8. The van der Waals surface area contributed by atoms with E-state index in [9.17, 15) is 4.79 Å². The Bertz CT molecular complexity index is 799. The van der Waals surface area contributed by atoms with E-state index in [0.29, 0.717) is 12.0 Å². The van der Waals surface area contributed by atoms with Crippen molar-refractivity contribution in [2.45, 2.75) is 31.2 Å². The molecule has 1 aromatic rings.